The SMILES string of the molecule is CC[S+](OC)N1CCC(Nc2cc(C3=CNCC(C)=C3F)cc3ccncc23)CC1. The molecule has 0 bridgehead atoms. The molecule has 0 aliphatic carbocycles. The molecule has 0 saturated carbocycles. The van der Waals surface area contributed by atoms with Crippen LogP contribution in [0.3, 0.4) is 0 Å². The minimum atomic E-state index is -0.132. The zero-order valence-corrected chi connectivity index (χ0v) is 18.7. The highest BCUT2D eigenvalue weighted by Gasteiger charge is 2.32. The molecule has 2 aromatic rings. The predicted octanol–water partition coefficient (Wildman–Crippen LogP) is 4.41. The second-order valence-corrected chi connectivity index (χ2v) is 9.85. The van der Waals surface area contributed by atoms with Gasteiger partial charge in [0.1, 0.15) is 5.83 Å². The van der Waals surface area contributed by atoms with Gasteiger partial charge in [-0.1, -0.05) is 4.31 Å². The van der Waals surface area contributed by atoms with Crippen LogP contribution < -0.4 is 10.6 Å². The van der Waals surface area contributed by atoms with Crippen molar-refractivity contribution < 1.29 is 8.57 Å². The zero-order valence-electron chi connectivity index (χ0n) is 17.9. The average Bonchev–Trinajstić information content (AvgIpc) is 2.77. The summed E-state index contributed by atoms with van der Waals surface area (Å²) < 4.78 is 22.9. The summed E-state index contributed by atoms with van der Waals surface area (Å²) >= 11 is -0.0887. The summed E-state index contributed by atoms with van der Waals surface area (Å²) in [7, 11) is 1.80. The van der Waals surface area contributed by atoms with Crippen molar-refractivity contribution in [2.45, 2.75) is 32.7 Å². The van der Waals surface area contributed by atoms with Crippen molar-refractivity contribution >= 4 is 33.4 Å². The maximum Gasteiger partial charge on any atom is 0.239 e. The van der Waals surface area contributed by atoms with E-state index in [9.17, 15) is 4.39 Å². The molecular formula is C23H30FN4OS+. The van der Waals surface area contributed by atoms with E-state index in [0.29, 0.717) is 18.2 Å². The molecule has 2 aliphatic heterocycles. The quantitative estimate of drug-likeness (QED) is 0.666. The minimum absolute atomic E-state index is 0.0887. The van der Waals surface area contributed by atoms with Gasteiger partial charge < -0.3 is 10.6 Å². The first-order valence-electron chi connectivity index (χ1n) is 10.5. The van der Waals surface area contributed by atoms with Crippen LogP contribution in [0.15, 0.2) is 48.2 Å². The van der Waals surface area contributed by atoms with Crippen LogP contribution in [0.25, 0.3) is 16.3 Å². The Balaban J connectivity index is 1.59. The molecule has 0 radical (unpaired) electrons. The molecular weight excluding hydrogens is 399 g/mol. The van der Waals surface area contributed by atoms with Crippen molar-refractivity contribution in [3.8, 4) is 0 Å². The van der Waals surface area contributed by atoms with Crippen molar-refractivity contribution in [1.29, 1.82) is 0 Å². The largest absolute Gasteiger partial charge is 0.386 e. The van der Waals surface area contributed by atoms with Crippen LogP contribution in [0, 0.1) is 0 Å². The lowest BCUT2D eigenvalue weighted by Crippen LogP contribution is -2.43. The van der Waals surface area contributed by atoms with Gasteiger partial charge in [0.05, 0.1) is 7.11 Å². The summed E-state index contributed by atoms with van der Waals surface area (Å²) in [5.41, 5.74) is 3.24. The summed E-state index contributed by atoms with van der Waals surface area (Å²) in [6.07, 6.45) is 7.56. The Hall–Kier alpha value is -2.09. The van der Waals surface area contributed by atoms with E-state index in [2.05, 4.69) is 32.9 Å². The van der Waals surface area contributed by atoms with Crippen molar-refractivity contribution in [2.75, 3.05) is 37.8 Å². The van der Waals surface area contributed by atoms with Gasteiger partial charge in [-0.3, -0.25) is 4.98 Å². The normalized spacial score (nSPS) is 19.5. The number of piperidine rings is 1. The molecule has 1 fully saturated rings. The fraction of sp³-hybridized carbons (Fsp3) is 0.435. The van der Waals surface area contributed by atoms with Gasteiger partial charge in [-0.15, -0.1) is 0 Å². The highest BCUT2D eigenvalue weighted by molar-refractivity contribution is 7.90. The van der Waals surface area contributed by atoms with Gasteiger partial charge in [0, 0.05) is 60.9 Å². The average molecular weight is 430 g/mol. The molecule has 2 N–H and O–H groups in total. The summed E-state index contributed by atoms with van der Waals surface area (Å²) in [4.78, 5) is 4.32. The van der Waals surface area contributed by atoms with Crippen molar-refractivity contribution in [2.24, 2.45) is 0 Å². The number of fused-ring (bicyclic) bond motifs is 1. The van der Waals surface area contributed by atoms with Crippen molar-refractivity contribution in [1.82, 2.24) is 14.6 Å². The number of allylic oxidation sites excluding steroid dienone is 2. The lowest BCUT2D eigenvalue weighted by Gasteiger charge is -2.30. The number of nitrogens with zero attached hydrogens (tertiary/aromatic N) is 2. The first-order valence-corrected chi connectivity index (χ1v) is 11.8. The Labute approximate surface area is 181 Å². The van der Waals surface area contributed by atoms with Crippen molar-refractivity contribution in [3.63, 3.8) is 0 Å². The van der Waals surface area contributed by atoms with E-state index in [1.54, 1.807) is 19.5 Å². The molecule has 0 spiro atoms. The number of rotatable bonds is 6. The van der Waals surface area contributed by atoms with E-state index in [-0.39, 0.29) is 17.2 Å². The molecule has 1 aromatic heterocycles. The first kappa shape index (κ1) is 21.2. The van der Waals surface area contributed by atoms with Crippen LogP contribution in [0.5, 0.6) is 0 Å². The number of nitrogens with one attached hydrogen (secondary N) is 2. The monoisotopic (exact) mass is 429 g/mol. The second kappa shape index (κ2) is 9.37. The summed E-state index contributed by atoms with van der Waals surface area (Å²) in [5, 5.41) is 9.04. The Morgan fingerprint density at radius 3 is 2.87 bits per heavy atom. The Morgan fingerprint density at radius 1 is 1.33 bits per heavy atom. The molecule has 1 unspecified atom stereocenters. The third-order valence-corrected chi connectivity index (χ3v) is 7.65. The molecule has 1 aromatic carbocycles. The predicted molar refractivity (Wildman–Crippen MR) is 125 cm³/mol. The molecule has 160 valence electrons. The molecule has 5 nitrogen and oxygen atoms in total. The maximum atomic E-state index is 14.8. The summed E-state index contributed by atoms with van der Waals surface area (Å²) in [6, 6.07) is 6.47. The minimum Gasteiger partial charge on any atom is -0.386 e. The number of aromatic nitrogens is 1. The van der Waals surface area contributed by atoms with E-state index < -0.39 is 0 Å². The zero-order chi connectivity index (χ0) is 21.1. The summed E-state index contributed by atoms with van der Waals surface area (Å²) in [5.74, 6) is 0.891. The van der Waals surface area contributed by atoms with Crippen LogP contribution in [-0.4, -0.2) is 47.8 Å². The fourth-order valence-corrected chi connectivity index (χ4v) is 5.62. The third kappa shape index (κ3) is 4.33. The van der Waals surface area contributed by atoms with E-state index in [1.165, 1.54) is 0 Å². The molecule has 2 aliphatic rings. The van der Waals surface area contributed by atoms with Gasteiger partial charge in [-0.2, -0.15) is 4.18 Å². The number of benzene rings is 1. The van der Waals surface area contributed by atoms with Crippen LogP contribution >= 0.6 is 0 Å². The summed E-state index contributed by atoms with van der Waals surface area (Å²) in [6.45, 7) is 6.59. The lowest BCUT2D eigenvalue weighted by molar-refractivity contribution is 0.317. The van der Waals surface area contributed by atoms with E-state index in [4.69, 9.17) is 4.18 Å². The molecule has 7 heteroatoms. The van der Waals surface area contributed by atoms with E-state index >= 15 is 0 Å². The number of hydrogen-bond donors (Lipinski definition) is 2. The molecule has 4 rings (SSSR count). The number of dihydropyridines is 1. The van der Waals surface area contributed by atoms with Gasteiger partial charge in [0.15, 0.2) is 5.75 Å². The lowest BCUT2D eigenvalue weighted by atomic mass is 9.96. The number of anilines is 1. The number of pyridine rings is 1. The van der Waals surface area contributed by atoms with Crippen LogP contribution in [0.1, 0.15) is 32.3 Å². The molecule has 1 atom stereocenters. The van der Waals surface area contributed by atoms with E-state index in [0.717, 1.165) is 59.3 Å². The third-order valence-electron chi connectivity index (χ3n) is 5.83. The fourth-order valence-electron chi connectivity index (χ4n) is 4.19. The Morgan fingerprint density at radius 2 is 2.13 bits per heavy atom. The highest BCUT2D eigenvalue weighted by atomic mass is 32.2. The van der Waals surface area contributed by atoms with E-state index in [1.807, 2.05) is 25.3 Å². The van der Waals surface area contributed by atoms with Gasteiger partial charge >= 0.3 is 0 Å². The van der Waals surface area contributed by atoms with Gasteiger partial charge in [-0.25, -0.2) is 4.39 Å². The topological polar surface area (TPSA) is 49.4 Å². The maximum absolute atomic E-state index is 14.8. The molecule has 1 saturated heterocycles. The Kier molecular flexibility index (Phi) is 6.61. The molecule has 30 heavy (non-hydrogen) atoms. The smallest absolute Gasteiger partial charge is 0.239 e. The number of hydrogen-bond acceptors (Lipinski definition) is 5. The van der Waals surface area contributed by atoms with Gasteiger partial charge in [0.25, 0.3) is 0 Å². The van der Waals surface area contributed by atoms with Gasteiger partial charge in [0.2, 0.25) is 11.4 Å². The van der Waals surface area contributed by atoms with Crippen LogP contribution in [0.2, 0.25) is 0 Å². The van der Waals surface area contributed by atoms with Gasteiger partial charge in [-0.05, 0) is 61.4 Å². The first-order chi connectivity index (χ1) is 14.6. The molecule has 0 amide bonds. The number of halogens is 1. The highest BCUT2D eigenvalue weighted by Crippen LogP contribution is 2.34. The standard InChI is InChI=1S/C23H30FN4OS/c1-4-30(29-3)28-9-6-19(7-10-28)27-22-12-18(11-17-5-8-25-14-20(17)22)21-15-26-13-16(2)23(21)24/h5,8,11-12,14-15,19,26-27H,4,6-7,9-10,13H2,1-3H3/q+1. The molecule has 3 heterocycles. The van der Waals surface area contributed by atoms with Crippen LogP contribution in [0.4, 0.5) is 10.1 Å². The van der Waals surface area contributed by atoms with Crippen LogP contribution in [-0.2, 0) is 15.5 Å². The van der Waals surface area contributed by atoms with Crippen molar-refractivity contribution in [3.05, 3.63) is 53.8 Å². The second-order valence-electron chi connectivity index (χ2n) is 7.78. The Bertz CT molecular complexity index is 965.